The van der Waals surface area contributed by atoms with E-state index in [0.29, 0.717) is 19.6 Å². The van der Waals surface area contributed by atoms with Crippen molar-refractivity contribution in [3.05, 3.63) is 65.7 Å². The lowest BCUT2D eigenvalue weighted by molar-refractivity contribution is 0.0949. The Hall–Kier alpha value is -2.56. The Morgan fingerprint density at radius 2 is 1.97 bits per heavy atom. The van der Waals surface area contributed by atoms with Gasteiger partial charge in [0.25, 0.3) is 5.91 Å². The van der Waals surface area contributed by atoms with E-state index in [9.17, 15) is 13.2 Å². The van der Waals surface area contributed by atoms with Crippen molar-refractivity contribution in [2.45, 2.75) is 24.7 Å². The first-order valence-electron chi connectivity index (χ1n) is 10.6. The van der Waals surface area contributed by atoms with Crippen LogP contribution < -0.4 is 5.32 Å². The molecule has 1 fully saturated rings. The van der Waals surface area contributed by atoms with E-state index in [-0.39, 0.29) is 16.5 Å². The van der Waals surface area contributed by atoms with Gasteiger partial charge in [0.1, 0.15) is 10.6 Å². The van der Waals surface area contributed by atoms with E-state index in [4.69, 9.17) is 0 Å². The van der Waals surface area contributed by atoms with Crippen LogP contribution in [0.15, 0.2) is 53.7 Å². The average molecular weight is 474 g/mol. The van der Waals surface area contributed by atoms with Crippen LogP contribution in [0.5, 0.6) is 0 Å². The van der Waals surface area contributed by atoms with Crippen LogP contribution >= 0.6 is 11.8 Å². The van der Waals surface area contributed by atoms with Crippen LogP contribution in [-0.2, 0) is 16.4 Å². The zero-order valence-electron chi connectivity index (χ0n) is 18.0. The Kier molecular flexibility index (Phi) is 7.02. The molecule has 3 aromatic rings. The fourth-order valence-electron chi connectivity index (χ4n) is 3.62. The maximum absolute atomic E-state index is 12.7. The van der Waals surface area contributed by atoms with E-state index in [1.165, 1.54) is 16.6 Å². The van der Waals surface area contributed by atoms with Crippen molar-refractivity contribution in [1.82, 2.24) is 24.4 Å². The lowest BCUT2D eigenvalue weighted by Crippen LogP contribution is -2.37. The number of H-pyrrole nitrogens is 1. The number of nitrogens with zero attached hydrogens (tertiary/aromatic N) is 3. The number of para-hydroxylation sites is 1. The van der Waals surface area contributed by atoms with Crippen molar-refractivity contribution >= 4 is 27.7 Å². The lowest BCUT2D eigenvalue weighted by atomic mass is 10.1. The van der Waals surface area contributed by atoms with E-state index < -0.39 is 10.0 Å². The largest absolute Gasteiger partial charge is 0.356 e. The highest BCUT2D eigenvalue weighted by Crippen LogP contribution is 2.21. The summed E-state index contributed by atoms with van der Waals surface area (Å²) in [6.45, 7) is 3.47. The molecule has 2 aromatic heterocycles. The molecule has 0 atom stereocenters. The highest BCUT2D eigenvalue weighted by atomic mass is 32.2. The molecule has 0 bridgehead atoms. The summed E-state index contributed by atoms with van der Waals surface area (Å²) in [5, 5.41) is 7.43. The molecule has 3 heterocycles. The predicted octanol–water partition coefficient (Wildman–Crippen LogP) is 2.61. The zero-order chi connectivity index (χ0) is 22.6. The number of carbonyl (C=O) groups is 1. The van der Waals surface area contributed by atoms with Crippen LogP contribution in [-0.4, -0.2) is 64.5 Å². The lowest BCUT2D eigenvalue weighted by Gasteiger charge is -2.24. The average Bonchev–Trinajstić information content (AvgIpc) is 3.46. The molecule has 10 heteroatoms. The van der Waals surface area contributed by atoms with Crippen LogP contribution in [0.4, 0.5) is 0 Å². The van der Waals surface area contributed by atoms with Crippen molar-refractivity contribution in [2.75, 3.05) is 31.1 Å². The number of amides is 1. The second-order valence-electron chi connectivity index (χ2n) is 7.64. The van der Waals surface area contributed by atoms with Gasteiger partial charge in [0, 0.05) is 43.5 Å². The Balaban J connectivity index is 1.29. The topological polar surface area (TPSA) is 100 Å². The second-order valence-corrected chi connectivity index (χ2v) is 10.8. The van der Waals surface area contributed by atoms with Crippen LogP contribution in [0.3, 0.4) is 0 Å². The van der Waals surface area contributed by atoms with E-state index in [0.717, 1.165) is 41.3 Å². The summed E-state index contributed by atoms with van der Waals surface area (Å²) in [6, 6.07) is 11.4. The van der Waals surface area contributed by atoms with Crippen LogP contribution in [0, 0.1) is 6.92 Å². The molecule has 0 unspecified atom stereocenters. The van der Waals surface area contributed by atoms with Gasteiger partial charge >= 0.3 is 0 Å². The first-order chi connectivity index (χ1) is 15.4. The summed E-state index contributed by atoms with van der Waals surface area (Å²) in [5.74, 6) is 1.28. The van der Waals surface area contributed by atoms with Gasteiger partial charge in [-0.3, -0.25) is 4.79 Å². The predicted molar refractivity (Wildman–Crippen MR) is 126 cm³/mol. The molecule has 0 saturated carbocycles. The molecule has 1 aliphatic rings. The summed E-state index contributed by atoms with van der Waals surface area (Å²) >= 11 is 1.75. The molecule has 2 N–H and O–H groups in total. The van der Waals surface area contributed by atoms with Gasteiger partial charge in [-0.15, -0.1) is 0 Å². The second kappa shape index (κ2) is 9.93. The van der Waals surface area contributed by atoms with Gasteiger partial charge in [-0.05, 0) is 43.5 Å². The highest BCUT2D eigenvalue weighted by molar-refractivity contribution is 7.99. The quantitative estimate of drug-likeness (QED) is 0.490. The molecule has 1 amide bonds. The standard InChI is InChI=1S/C22H27N5O3S2/c1-17-18(16-27(25-17)19-7-3-2-4-8-19)6-5-9-23-22(28)21-14-20(15-24-21)32(29,30)26-10-12-31-13-11-26/h2-4,7-8,14-16,24H,5-6,9-13H2,1H3,(H,23,28). The number of nitrogens with one attached hydrogen (secondary N) is 2. The molecule has 0 radical (unpaired) electrons. The Morgan fingerprint density at radius 1 is 1.22 bits per heavy atom. The van der Waals surface area contributed by atoms with Crippen molar-refractivity contribution in [3.63, 3.8) is 0 Å². The molecule has 32 heavy (non-hydrogen) atoms. The summed E-state index contributed by atoms with van der Waals surface area (Å²) in [4.78, 5) is 15.4. The Bertz CT molecular complexity index is 1170. The number of aryl methyl sites for hydroxylation is 2. The molecule has 0 aliphatic carbocycles. The minimum absolute atomic E-state index is 0.138. The van der Waals surface area contributed by atoms with Crippen LogP contribution in [0.1, 0.15) is 28.2 Å². The number of thioether (sulfide) groups is 1. The van der Waals surface area contributed by atoms with Gasteiger partial charge in [0.15, 0.2) is 0 Å². The normalized spacial score (nSPS) is 15.0. The fourth-order valence-corrected chi connectivity index (χ4v) is 6.19. The van der Waals surface area contributed by atoms with E-state index >= 15 is 0 Å². The molecule has 0 spiro atoms. The number of hydrogen-bond acceptors (Lipinski definition) is 5. The highest BCUT2D eigenvalue weighted by Gasteiger charge is 2.27. The van der Waals surface area contributed by atoms with Gasteiger partial charge in [0.2, 0.25) is 10.0 Å². The van der Waals surface area contributed by atoms with Gasteiger partial charge in [-0.1, -0.05) is 18.2 Å². The summed E-state index contributed by atoms with van der Waals surface area (Å²) < 4.78 is 28.8. The Labute approximate surface area is 192 Å². The monoisotopic (exact) mass is 473 g/mol. The maximum atomic E-state index is 12.7. The third kappa shape index (κ3) is 5.08. The molecule has 170 valence electrons. The third-order valence-corrected chi connectivity index (χ3v) is 8.26. The smallest absolute Gasteiger partial charge is 0.267 e. The van der Waals surface area contributed by atoms with Crippen molar-refractivity contribution in [3.8, 4) is 5.69 Å². The SMILES string of the molecule is Cc1nn(-c2ccccc2)cc1CCCNC(=O)c1cc(S(=O)(=O)N2CCSCC2)c[nH]1. The van der Waals surface area contributed by atoms with Gasteiger partial charge in [-0.25, -0.2) is 13.1 Å². The first-order valence-corrected chi connectivity index (χ1v) is 13.2. The van der Waals surface area contributed by atoms with Crippen molar-refractivity contribution in [2.24, 2.45) is 0 Å². The zero-order valence-corrected chi connectivity index (χ0v) is 19.6. The van der Waals surface area contributed by atoms with Gasteiger partial charge < -0.3 is 10.3 Å². The Morgan fingerprint density at radius 3 is 2.72 bits per heavy atom. The van der Waals surface area contributed by atoms with Crippen LogP contribution in [0.2, 0.25) is 0 Å². The number of sulfonamides is 1. The van der Waals surface area contributed by atoms with Crippen LogP contribution in [0.25, 0.3) is 5.69 Å². The molecule has 1 saturated heterocycles. The number of aromatic amines is 1. The van der Waals surface area contributed by atoms with Crippen molar-refractivity contribution < 1.29 is 13.2 Å². The number of carbonyl (C=O) groups excluding carboxylic acids is 1. The van der Waals surface area contributed by atoms with Gasteiger partial charge in [0.05, 0.1) is 11.4 Å². The number of aromatic nitrogens is 3. The van der Waals surface area contributed by atoms with Gasteiger partial charge in [-0.2, -0.15) is 21.2 Å². The summed E-state index contributed by atoms with van der Waals surface area (Å²) in [7, 11) is -3.56. The number of rotatable bonds is 8. The van der Waals surface area contributed by atoms with E-state index in [1.54, 1.807) is 11.8 Å². The van der Waals surface area contributed by atoms with Crippen molar-refractivity contribution in [1.29, 1.82) is 0 Å². The fraction of sp³-hybridized carbons (Fsp3) is 0.364. The number of hydrogen-bond donors (Lipinski definition) is 2. The van der Waals surface area contributed by atoms with E-state index in [1.807, 2.05) is 48.1 Å². The third-order valence-electron chi connectivity index (χ3n) is 5.44. The molecular formula is C22H27N5O3S2. The molecular weight excluding hydrogens is 446 g/mol. The summed E-state index contributed by atoms with van der Waals surface area (Å²) in [5.41, 5.74) is 3.37. The minimum atomic E-state index is -3.56. The maximum Gasteiger partial charge on any atom is 0.267 e. The molecule has 1 aromatic carbocycles. The summed E-state index contributed by atoms with van der Waals surface area (Å²) in [6.07, 6.45) is 4.96. The molecule has 1 aliphatic heterocycles. The first kappa shape index (κ1) is 22.6. The molecule has 4 rings (SSSR count). The van der Waals surface area contributed by atoms with E-state index in [2.05, 4.69) is 15.4 Å². The molecule has 8 nitrogen and oxygen atoms in total. The minimum Gasteiger partial charge on any atom is -0.356 e. The number of benzene rings is 1.